The van der Waals surface area contributed by atoms with Gasteiger partial charge in [0.15, 0.2) is 0 Å². The summed E-state index contributed by atoms with van der Waals surface area (Å²) in [6, 6.07) is 12.9. The number of benzene rings is 2. The number of carbonyl (C=O) groups excluding carboxylic acids is 1. The van der Waals surface area contributed by atoms with Crippen LogP contribution in [0.4, 0.5) is 11.4 Å². The average molecular weight is 350 g/mol. The van der Waals surface area contributed by atoms with Gasteiger partial charge in [0.1, 0.15) is 0 Å². The molecule has 5 heteroatoms. The third-order valence-electron chi connectivity index (χ3n) is 3.75. The molecule has 0 aliphatic heterocycles. The van der Waals surface area contributed by atoms with Crippen molar-refractivity contribution in [2.45, 2.75) is 19.3 Å². The van der Waals surface area contributed by atoms with E-state index in [1.165, 1.54) is 0 Å². The fourth-order valence-electron chi connectivity index (χ4n) is 2.25. The molecule has 0 radical (unpaired) electrons. The molecular weight excluding hydrogens is 333 g/mol. The summed E-state index contributed by atoms with van der Waals surface area (Å²) in [5, 5.41) is 4.28. The lowest BCUT2D eigenvalue weighted by atomic mass is 10.1. The van der Waals surface area contributed by atoms with Gasteiger partial charge in [-0.2, -0.15) is 0 Å². The van der Waals surface area contributed by atoms with Crippen LogP contribution < -0.4 is 5.32 Å². The molecular formula is C18H17Cl2NO2. The number of hydrogen-bond acceptors (Lipinski definition) is 3. The SMILES string of the molecule is O=C(Cc1ccccc1Nc1c(Cl)cccc1Cl)OCC1CC1. The zero-order valence-corrected chi connectivity index (χ0v) is 14.0. The Morgan fingerprint density at radius 2 is 1.78 bits per heavy atom. The molecule has 1 saturated carbocycles. The molecule has 1 aliphatic rings. The second-order valence-electron chi connectivity index (χ2n) is 5.68. The first-order valence-electron chi connectivity index (χ1n) is 7.58. The number of halogens is 2. The quantitative estimate of drug-likeness (QED) is 0.725. The zero-order chi connectivity index (χ0) is 16.2. The van der Waals surface area contributed by atoms with Crippen LogP contribution in [0.2, 0.25) is 10.0 Å². The van der Waals surface area contributed by atoms with E-state index in [-0.39, 0.29) is 12.4 Å². The van der Waals surface area contributed by atoms with Gasteiger partial charge >= 0.3 is 5.97 Å². The number of ether oxygens (including phenoxy) is 1. The standard InChI is InChI=1S/C18H17Cl2NO2/c19-14-5-3-6-15(20)18(14)21-16-7-2-1-4-13(16)10-17(22)23-11-12-8-9-12/h1-7,12,21H,8-11H2. The minimum Gasteiger partial charge on any atom is -0.465 e. The molecule has 1 N–H and O–H groups in total. The summed E-state index contributed by atoms with van der Waals surface area (Å²) in [5.74, 6) is 0.352. The molecule has 0 atom stereocenters. The van der Waals surface area contributed by atoms with Gasteiger partial charge < -0.3 is 10.1 Å². The molecule has 3 nitrogen and oxygen atoms in total. The van der Waals surface area contributed by atoms with E-state index < -0.39 is 0 Å². The molecule has 2 aromatic rings. The lowest BCUT2D eigenvalue weighted by Gasteiger charge is -2.14. The van der Waals surface area contributed by atoms with Gasteiger partial charge in [-0.1, -0.05) is 47.5 Å². The first-order valence-corrected chi connectivity index (χ1v) is 8.33. The molecule has 2 aromatic carbocycles. The summed E-state index contributed by atoms with van der Waals surface area (Å²) in [6.45, 7) is 0.533. The predicted molar refractivity (Wildman–Crippen MR) is 93.6 cm³/mol. The van der Waals surface area contributed by atoms with E-state index in [1.54, 1.807) is 18.2 Å². The Morgan fingerprint density at radius 3 is 2.48 bits per heavy atom. The largest absolute Gasteiger partial charge is 0.465 e. The number of hydrogen-bond donors (Lipinski definition) is 1. The first-order chi connectivity index (χ1) is 11.1. The monoisotopic (exact) mass is 349 g/mol. The third-order valence-corrected chi connectivity index (χ3v) is 4.38. The second kappa shape index (κ2) is 7.24. The van der Waals surface area contributed by atoms with E-state index in [4.69, 9.17) is 27.9 Å². The lowest BCUT2D eigenvalue weighted by molar-refractivity contribution is -0.143. The van der Waals surface area contributed by atoms with Crippen LogP contribution in [-0.2, 0) is 16.0 Å². The number of anilines is 2. The molecule has 0 amide bonds. The van der Waals surface area contributed by atoms with Gasteiger partial charge in [0.25, 0.3) is 0 Å². The van der Waals surface area contributed by atoms with E-state index in [9.17, 15) is 4.79 Å². The van der Waals surface area contributed by atoms with Crippen molar-refractivity contribution < 1.29 is 9.53 Å². The molecule has 1 aliphatic carbocycles. The highest BCUT2D eigenvalue weighted by Crippen LogP contribution is 2.34. The Hall–Kier alpha value is -1.71. The van der Waals surface area contributed by atoms with Crippen LogP contribution in [-0.4, -0.2) is 12.6 Å². The normalized spacial score (nSPS) is 13.7. The van der Waals surface area contributed by atoms with Crippen molar-refractivity contribution in [1.29, 1.82) is 0 Å². The minimum atomic E-state index is -0.212. The number of rotatable bonds is 6. The van der Waals surface area contributed by atoms with Gasteiger partial charge in [0, 0.05) is 5.69 Å². The van der Waals surface area contributed by atoms with Gasteiger partial charge in [0.05, 0.1) is 28.8 Å². The number of esters is 1. The molecule has 0 saturated heterocycles. The van der Waals surface area contributed by atoms with Crippen molar-refractivity contribution in [1.82, 2.24) is 0 Å². The summed E-state index contributed by atoms with van der Waals surface area (Å²) in [7, 11) is 0. The van der Waals surface area contributed by atoms with Crippen LogP contribution >= 0.6 is 23.2 Å². The molecule has 0 bridgehead atoms. The Morgan fingerprint density at radius 1 is 1.09 bits per heavy atom. The van der Waals surface area contributed by atoms with Crippen molar-refractivity contribution in [3.8, 4) is 0 Å². The maximum Gasteiger partial charge on any atom is 0.310 e. The van der Waals surface area contributed by atoms with Crippen LogP contribution in [0.3, 0.4) is 0 Å². The summed E-state index contributed by atoms with van der Waals surface area (Å²) in [6.07, 6.45) is 2.55. The highest BCUT2D eigenvalue weighted by atomic mass is 35.5. The summed E-state index contributed by atoms with van der Waals surface area (Å²) >= 11 is 12.4. The van der Waals surface area contributed by atoms with Crippen LogP contribution in [0.5, 0.6) is 0 Å². The van der Waals surface area contributed by atoms with E-state index >= 15 is 0 Å². The Balaban J connectivity index is 1.73. The van der Waals surface area contributed by atoms with Crippen LogP contribution in [0, 0.1) is 5.92 Å². The smallest absolute Gasteiger partial charge is 0.310 e. The molecule has 0 aromatic heterocycles. The zero-order valence-electron chi connectivity index (χ0n) is 12.5. The van der Waals surface area contributed by atoms with Crippen LogP contribution in [0.1, 0.15) is 18.4 Å². The fraction of sp³-hybridized carbons (Fsp3) is 0.278. The minimum absolute atomic E-state index is 0.212. The topological polar surface area (TPSA) is 38.3 Å². The molecule has 23 heavy (non-hydrogen) atoms. The van der Waals surface area contributed by atoms with E-state index in [1.807, 2.05) is 24.3 Å². The van der Waals surface area contributed by atoms with Crippen molar-refractivity contribution in [2.75, 3.05) is 11.9 Å². The highest BCUT2D eigenvalue weighted by Gasteiger charge is 2.23. The fourth-order valence-corrected chi connectivity index (χ4v) is 2.74. The van der Waals surface area contributed by atoms with Gasteiger partial charge in [-0.25, -0.2) is 0 Å². The molecule has 3 rings (SSSR count). The van der Waals surface area contributed by atoms with Crippen molar-refractivity contribution in [2.24, 2.45) is 5.92 Å². The summed E-state index contributed by atoms with van der Waals surface area (Å²) in [4.78, 5) is 12.0. The lowest BCUT2D eigenvalue weighted by Crippen LogP contribution is -2.11. The average Bonchev–Trinajstić information content (AvgIpc) is 3.35. The maximum atomic E-state index is 12.0. The molecule has 0 unspecified atom stereocenters. The summed E-state index contributed by atoms with van der Waals surface area (Å²) in [5.41, 5.74) is 2.28. The summed E-state index contributed by atoms with van der Waals surface area (Å²) < 4.78 is 5.30. The van der Waals surface area contributed by atoms with Crippen molar-refractivity contribution in [3.63, 3.8) is 0 Å². The third kappa shape index (κ3) is 4.40. The van der Waals surface area contributed by atoms with Crippen LogP contribution in [0.25, 0.3) is 0 Å². The Labute approximate surface area is 145 Å². The Bertz CT molecular complexity index is 694. The molecule has 0 spiro atoms. The number of nitrogens with one attached hydrogen (secondary N) is 1. The van der Waals surface area contributed by atoms with Gasteiger partial charge in [-0.05, 0) is 42.5 Å². The highest BCUT2D eigenvalue weighted by molar-refractivity contribution is 6.39. The van der Waals surface area contributed by atoms with Crippen molar-refractivity contribution in [3.05, 3.63) is 58.1 Å². The van der Waals surface area contributed by atoms with E-state index in [0.717, 1.165) is 24.1 Å². The molecule has 120 valence electrons. The molecule has 0 heterocycles. The Kier molecular flexibility index (Phi) is 5.09. The van der Waals surface area contributed by atoms with Crippen LogP contribution in [0.15, 0.2) is 42.5 Å². The first kappa shape index (κ1) is 16.2. The van der Waals surface area contributed by atoms with Gasteiger partial charge in [-0.3, -0.25) is 4.79 Å². The molecule has 1 fully saturated rings. The second-order valence-corrected chi connectivity index (χ2v) is 6.50. The van der Waals surface area contributed by atoms with Gasteiger partial charge in [0.2, 0.25) is 0 Å². The van der Waals surface area contributed by atoms with Crippen molar-refractivity contribution >= 4 is 40.5 Å². The van der Waals surface area contributed by atoms with Gasteiger partial charge in [-0.15, -0.1) is 0 Å². The predicted octanol–water partition coefficient (Wildman–Crippen LogP) is 5.23. The maximum absolute atomic E-state index is 12.0. The van der Waals surface area contributed by atoms with E-state index in [2.05, 4.69) is 5.32 Å². The number of carbonyl (C=O) groups is 1. The number of para-hydroxylation sites is 2. The van der Waals surface area contributed by atoms with E-state index in [0.29, 0.717) is 28.3 Å².